The Morgan fingerprint density at radius 1 is 1.19 bits per heavy atom. The number of rotatable bonds is 7. The highest BCUT2D eigenvalue weighted by Gasteiger charge is 2.16. The highest BCUT2D eigenvalue weighted by Crippen LogP contribution is 2.08. The smallest absolute Gasteiger partial charge is 0.0703 e. The molecule has 16 heavy (non-hydrogen) atoms. The molecule has 0 aromatic heterocycles. The van der Waals surface area contributed by atoms with Crippen LogP contribution in [0.2, 0.25) is 0 Å². The maximum absolute atomic E-state index is 5.67. The van der Waals surface area contributed by atoms with Gasteiger partial charge in [-0.3, -0.25) is 0 Å². The summed E-state index contributed by atoms with van der Waals surface area (Å²) < 4.78 is 5.67. The fourth-order valence-electron chi connectivity index (χ4n) is 1.91. The van der Waals surface area contributed by atoms with Crippen LogP contribution in [0.3, 0.4) is 0 Å². The molecule has 0 aliphatic carbocycles. The zero-order valence-corrected chi connectivity index (χ0v) is 10.6. The Bertz CT molecular complexity index is 273. The van der Waals surface area contributed by atoms with Crippen molar-refractivity contribution in [3.63, 3.8) is 0 Å². The number of hydrogen-bond acceptors (Lipinski definition) is 2. The van der Waals surface area contributed by atoms with Crippen molar-refractivity contribution in [1.82, 2.24) is 5.32 Å². The minimum atomic E-state index is 0.255. The number of hydrogen-bond donors (Lipinski definition) is 1. The van der Waals surface area contributed by atoms with Gasteiger partial charge in [-0.05, 0) is 32.4 Å². The van der Waals surface area contributed by atoms with Crippen LogP contribution in [-0.4, -0.2) is 25.3 Å². The van der Waals surface area contributed by atoms with E-state index < -0.39 is 0 Å². The predicted octanol–water partition coefficient (Wildman–Crippen LogP) is 2.63. The van der Waals surface area contributed by atoms with Crippen molar-refractivity contribution in [2.45, 2.75) is 39.3 Å². The Morgan fingerprint density at radius 2 is 1.88 bits per heavy atom. The third-order valence-electron chi connectivity index (χ3n) is 2.76. The Balaban J connectivity index is 2.57. The van der Waals surface area contributed by atoms with Crippen LogP contribution in [-0.2, 0) is 11.2 Å². The van der Waals surface area contributed by atoms with Crippen molar-refractivity contribution in [3.8, 4) is 0 Å². The van der Waals surface area contributed by atoms with Gasteiger partial charge in [0.05, 0.1) is 6.10 Å². The standard InChI is InChI=1S/C14H23NO/c1-4-15-14(12(3)16-5-2)11-13-9-7-6-8-10-13/h6-10,12,14-15H,4-5,11H2,1-3H3. The lowest BCUT2D eigenvalue weighted by molar-refractivity contribution is 0.0480. The van der Waals surface area contributed by atoms with Crippen LogP contribution in [0.25, 0.3) is 0 Å². The molecule has 1 rings (SSSR count). The molecule has 1 N–H and O–H groups in total. The van der Waals surface area contributed by atoms with Gasteiger partial charge in [0, 0.05) is 12.6 Å². The summed E-state index contributed by atoms with van der Waals surface area (Å²) in [4.78, 5) is 0. The topological polar surface area (TPSA) is 21.3 Å². The van der Waals surface area contributed by atoms with E-state index >= 15 is 0 Å². The molecule has 2 nitrogen and oxygen atoms in total. The van der Waals surface area contributed by atoms with Gasteiger partial charge in [0.25, 0.3) is 0 Å². The van der Waals surface area contributed by atoms with E-state index in [-0.39, 0.29) is 6.10 Å². The Hall–Kier alpha value is -0.860. The van der Waals surface area contributed by atoms with Gasteiger partial charge in [-0.1, -0.05) is 37.3 Å². The lowest BCUT2D eigenvalue weighted by Crippen LogP contribution is -2.41. The molecule has 0 fully saturated rings. The Morgan fingerprint density at radius 3 is 2.44 bits per heavy atom. The van der Waals surface area contributed by atoms with E-state index in [0.717, 1.165) is 19.6 Å². The van der Waals surface area contributed by atoms with E-state index in [4.69, 9.17) is 4.74 Å². The van der Waals surface area contributed by atoms with E-state index in [1.807, 2.05) is 6.92 Å². The molecule has 1 aromatic rings. The Kier molecular flexibility index (Phi) is 6.12. The van der Waals surface area contributed by atoms with Crippen LogP contribution in [0.1, 0.15) is 26.3 Å². The maximum Gasteiger partial charge on any atom is 0.0703 e. The highest BCUT2D eigenvalue weighted by atomic mass is 16.5. The van der Waals surface area contributed by atoms with Gasteiger partial charge in [-0.2, -0.15) is 0 Å². The first-order chi connectivity index (χ1) is 7.77. The monoisotopic (exact) mass is 221 g/mol. The van der Waals surface area contributed by atoms with Gasteiger partial charge in [-0.15, -0.1) is 0 Å². The van der Waals surface area contributed by atoms with Crippen molar-refractivity contribution in [3.05, 3.63) is 35.9 Å². The quantitative estimate of drug-likeness (QED) is 0.764. The summed E-state index contributed by atoms with van der Waals surface area (Å²) in [6.07, 6.45) is 1.28. The first kappa shape index (κ1) is 13.2. The van der Waals surface area contributed by atoms with E-state index in [2.05, 4.69) is 49.5 Å². The summed E-state index contributed by atoms with van der Waals surface area (Å²) in [5, 5.41) is 3.49. The average Bonchev–Trinajstić information content (AvgIpc) is 2.30. The highest BCUT2D eigenvalue weighted by molar-refractivity contribution is 5.16. The molecule has 2 heteroatoms. The van der Waals surface area contributed by atoms with Gasteiger partial charge in [0.1, 0.15) is 0 Å². The third kappa shape index (κ3) is 4.33. The van der Waals surface area contributed by atoms with E-state index in [1.54, 1.807) is 0 Å². The first-order valence-corrected chi connectivity index (χ1v) is 6.16. The van der Waals surface area contributed by atoms with E-state index in [1.165, 1.54) is 5.56 Å². The lowest BCUT2D eigenvalue weighted by Gasteiger charge is -2.24. The number of nitrogens with one attached hydrogen (secondary N) is 1. The maximum atomic E-state index is 5.67. The summed E-state index contributed by atoms with van der Waals surface area (Å²) >= 11 is 0. The fourth-order valence-corrected chi connectivity index (χ4v) is 1.91. The molecular weight excluding hydrogens is 198 g/mol. The summed E-state index contributed by atoms with van der Waals surface area (Å²) in [5.74, 6) is 0. The molecule has 1 aromatic carbocycles. The minimum Gasteiger partial charge on any atom is -0.377 e. The third-order valence-corrected chi connectivity index (χ3v) is 2.76. The molecular formula is C14H23NO. The number of benzene rings is 1. The number of likely N-dealkylation sites (N-methyl/N-ethyl adjacent to an activating group) is 1. The van der Waals surface area contributed by atoms with Crippen LogP contribution >= 0.6 is 0 Å². The van der Waals surface area contributed by atoms with Gasteiger partial charge >= 0.3 is 0 Å². The average molecular weight is 221 g/mol. The molecule has 0 radical (unpaired) electrons. The van der Waals surface area contributed by atoms with E-state index in [0.29, 0.717) is 6.04 Å². The zero-order valence-electron chi connectivity index (χ0n) is 10.6. The van der Waals surface area contributed by atoms with Crippen molar-refractivity contribution >= 4 is 0 Å². The van der Waals surface area contributed by atoms with Gasteiger partial charge < -0.3 is 10.1 Å². The molecule has 90 valence electrons. The van der Waals surface area contributed by atoms with Crippen LogP contribution in [0.5, 0.6) is 0 Å². The lowest BCUT2D eigenvalue weighted by atomic mass is 10.0. The summed E-state index contributed by atoms with van der Waals surface area (Å²) in [6.45, 7) is 8.07. The molecule has 0 heterocycles. The SMILES string of the molecule is CCNC(Cc1ccccc1)C(C)OCC. The van der Waals surface area contributed by atoms with Crippen LogP contribution in [0.4, 0.5) is 0 Å². The summed E-state index contributed by atoms with van der Waals surface area (Å²) in [6, 6.07) is 11.0. The van der Waals surface area contributed by atoms with Crippen LogP contribution < -0.4 is 5.32 Å². The molecule has 0 aliphatic heterocycles. The van der Waals surface area contributed by atoms with Crippen LogP contribution in [0.15, 0.2) is 30.3 Å². The van der Waals surface area contributed by atoms with Crippen molar-refractivity contribution in [2.75, 3.05) is 13.2 Å². The van der Waals surface area contributed by atoms with Gasteiger partial charge in [0.2, 0.25) is 0 Å². The van der Waals surface area contributed by atoms with Crippen molar-refractivity contribution < 1.29 is 4.74 Å². The normalized spacial score (nSPS) is 14.7. The molecule has 0 spiro atoms. The predicted molar refractivity (Wildman–Crippen MR) is 68.7 cm³/mol. The summed E-state index contributed by atoms with van der Waals surface area (Å²) in [7, 11) is 0. The first-order valence-electron chi connectivity index (χ1n) is 6.16. The van der Waals surface area contributed by atoms with E-state index in [9.17, 15) is 0 Å². The van der Waals surface area contributed by atoms with Crippen molar-refractivity contribution in [2.24, 2.45) is 0 Å². The molecule has 0 saturated heterocycles. The molecule has 0 amide bonds. The second kappa shape index (κ2) is 7.42. The minimum absolute atomic E-state index is 0.255. The van der Waals surface area contributed by atoms with Gasteiger partial charge in [-0.25, -0.2) is 0 Å². The molecule has 0 bridgehead atoms. The summed E-state index contributed by atoms with van der Waals surface area (Å²) in [5.41, 5.74) is 1.36. The second-order valence-corrected chi connectivity index (χ2v) is 4.01. The fraction of sp³-hybridized carbons (Fsp3) is 0.571. The second-order valence-electron chi connectivity index (χ2n) is 4.01. The van der Waals surface area contributed by atoms with Crippen LogP contribution in [0, 0.1) is 0 Å². The van der Waals surface area contributed by atoms with Gasteiger partial charge in [0.15, 0.2) is 0 Å². The molecule has 0 aliphatic rings. The largest absolute Gasteiger partial charge is 0.377 e. The zero-order chi connectivity index (χ0) is 11.8. The molecule has 2 unspecified atom stereocenters. The number of ether oxygens (including phenoxy) is 1. The molecule has 0 saturated carbocycles. The van der Waals surface area contributed by atoms with Crippen molar-refractivity contribution in [1.29, 1.82) is 0 Å². The Labute approximate surface area is 99.0 Å². The molecule has 2 atom stereocenters.